The smallest absolute Gasteiger partial charge is 0.330 e. The zero-order valence-corrected chi connectivity index (χ0v) is 24.3. The van der Waals surface area contributed by atoms with Gasteiger partial charge >= 0.3 is 12.0 Å². The third-order valence-corrected chi connectivity index (χ3v) is 7.34. The summed E-state index contributed by atoms with van der Waals surface area (Å²) in [6.07, 6.45) is 5.32. The van der Waals surface area contributed by atoms with Crippen LogP contribution < -0.4 is 21.3 Å². The predicted molar refractivity (Wildman–Crippen MR) is 163 cm³/mol. The van der Waals surface area contributed by atoms with Gasteiger partial charge in [-0.25, -0.2) is 14.0 Å². The van der Waals surface area contributed by atoms with E-state index in [1.165, 1.54) is 17.7 Å². The highest BCUT2D eigenvalue weighted by Gasteiger charge is 2.25. The Balaban J connectivity index is 1.32. The Morgan fingerprint density at radius 2 is 1.76 bits per heavy atom. The lowest BCUT2D eigenvalue weighted by Gasteiger charge is -2.21. The maximum absolute atomic E-state index is 13.1. The molecule has 3 aromatic carbocycles. The molecule has 4 N–H and O–H groups in total. The van der Waals surface area contributed by atoms with Gasteiger partial charge in [0.15, 0.2) is 0 Å². The van der Waals surface area contributed by atoms with Crippen LogP contribution in [-0.4, -0.2) is 31.1 Å². The van der Waals surface area contributed by atoms with Crippen molar-refractivity contribution in [1.29, 1.82) is 0 Å². The molecule has 0 saturated heterocycles. The number of nitrogens with one attached hydrogen (secondary N) is 4. The second-order valence-corrected chi connectivity index (χ2v) is 10.5. The fourth-order valence-corrected chi connectivity index (χ4v) is 4.80. The number of amides is 2. The van der Waals surface area contributed by atoms with E-state index in [2.05, 4.69) is 27.3 Å². The van der Waals surface area contributed by atoms with E-state index in [4.69, 9.17) is 16.3 Å². The molecule has 0 heterocycles. The molecule has 0 aliphatic heterocycles. The lowest BCUT2D eigenvalue weighted by molar-refractivity contribution is -0.147. The Kier molecular flexibility index (Phi) is 11.6. The fraction of sp³-hybridized carbons (Fsp3) is 0.273. The Morgan fingerprint density at radius 3 is 2.55 bits per heavy atom. The third-order valence-electron chi connectivity index (χ3n) is 6.93. The lowest BCUT2D eigenvalue weighted by atomic mass is 10.1. The van der Waals surface area contributed by atoms with Gasteiger partial charge in [0, 0.05) is 18.8 Å². The van der Waals surface area contributed by atoms with Crippen molar-refractivity contribution in [3.63, 3.8) is 0 Å². The summed E-state index contributed by atoms with van der Waals surface area (Å²) in [6, 6.07) is 22.5. The maximum atomic E-state index is 13.1. The topological polar surface area (TPSA) is 91.5 Å². The van der Waals surface area contributed by atoms with E-state index in [0.717, 1.165) is 29.5 Å². The number of rotatable bonds is 13. The first-order chi connectivity index (χ1) is 20.4. The number of ether oxygens (including phenoxy) is 1. The molecule has 7 nitrogen and oxygen atoms in total. The molecular formula is C33H36ClFN4O3. The molecule has 0 bridgehead atoms. The van der Waals surface area contributed by atoms with Crippen molar-refractivity contribution in [3.8, 4) is 0 Å². The fourth-order valence-electron chi connectivity index (χ4n) is 4.65. The number of hydrogen-bond donors (Lipinski definition) is 4. The van der Waals surface area contributed by atoms with E-state index in [9.17, 15) is 14.0 Å². The molecule has 4 rings (SSSR count). The molecule has 0 spiro atoms. The number of fused-ring (bicyclic) bond motifs is 1. The number of esters is 1. The number of benzene rings is 3. The Hall–Kier alpha value is -4.14. The minimum Gasteiger partial charge on any atom is -0.459 e. The first-order valence-corrected chi connectivity index (χ1v) is 14.3. The lowest BCUT2D eigenvalue weighted by Crippen LogP contribution is -2.49. The average Bonchev–Trinajstić information content (AvgIpc) is 3.41. The highest BCUT2D eigenvalue weighted by molar-refractivity contribution is 6.31. The summed E-state index contributed by atoms with van der Waals surface area (Å²) in [4.78, 5) is 25.9. The van der Waals surface area contributed by atoms with Gasteiger partial charge in [-0.05, 0) is 60.2 Å². The second kappa shape index (κ2) is 15.7. The first kappa shape index (κ1) is 30.8. The molecule has 220 valence electrons. The SMILES string of the molecule is C/C(N[C@@H](CNC(=O)N[C@@H]1CCc2ccccc21)C(=O)OCc1ccccc1)=C(Cl)\C=C\CNCc1ccc(F)cc1. The molecule has 1 aliphatic rings. The van der Waals surface area contributed by atoms with Gasteiger partial charge in [0.05, 0.1) is 17.6 Å². The summed E-state index contributed by atoms with van der Waals surface area (Å²) < 4.78 is 18.6. The number of allylic oxidation sites excluding steroid dienone is 3. The number of carbonyl (C=O) groups is 2. The quantitative estimate of drug-likeness (QED) is 0.118. The van der Waals surface area contributed by atoms with Gasteiger partial charge in [-0.1, -0.05) is 84.4 Å². The molecule has 0 unspecified atom stereocenters. The summed E-state index contributed by atoms with van der Waals surface area (Å²) >= 11 is 6.50. The van der Waals surface area contributed by atoms with Crippen LogP contribution >= 0.6 is 11.6 Å². The minimum atomic E-state index is -0.867. The molecule has 1 aliphatic carbocycles. The molecular weight excluding hydrogens is 555 g/mol. The molecule has 0 aromatic heterocycles. The summed E-state index contributed by atoms with van der Waals surface area (Å²) in [5.41, 5.74) is 4.74. The molecule has 0 saturated carbocycles. The maximum Gasteiger partial charge on any atom is 0.330 e. The van der Waals surface area contributed by atoms with Gasteiger partial charge < -0.3 is 26.0 Å². The average molecular weight is 591 g/mol. The van der Waals surface area contributed by atoms with Gasteiger partial charge in [-0.2, -0.15) is 0 Å². The number of hydrogen-bond acceptors (Lipinski definition) is 5. The molecule has 3 aromatic rings. The molecule has 2 amide bonds. The summed E-state index contributed by atoms with van der Waals surface area (Å²) in [6.45, 7) is 2.98. The van der Waals surface area contributed by atoms with E-state index < -0.39 is 12.0 Å². The largest absolute Gasteiger partial charge is 0.459 e. The molecule has 0 radical (unpaired) electrons. The van der Waals surface area contributed by atoms with Crippen LogP contribution in [0.2, 0.25) is 0 Å². The van der Waals surface area contributed by atoms with E-state index in [0.29, 0.717) is 23.8 Å². The van der Waals surface area contributed by atoms with E-state index in [1.54, 1.807) is 25.1 Å². The van der Waals surface area contributed by atoms with Crippen LogP contribution in [0.25, 0.3) is 0 Å². The number of urea groups is 1. The number of carbonyl (C=O) groups excluding carboxylic acids is 2. The standard InChI is InChI=1S/C33H36ClFN4O3/c1-23(29(34)12-7-19-36-20-24-13-16-27(35)17-14-24)38-31(32(40)42-22-25-8-3-2-4-9-25)21-37-33(41)39-30-18-15-26-10-5-6-11-28(26)30/h2-14,16-17,30-31,36,38H,15,18-22H2,1H3,(H2,37,39,41)/b12-7+,29-23-/t30-,31+/m1/s1. The monoisotopic (exact) mass is 590 g/mol. The van der Waals surface area contributed by atoms with Crippen LogP contribution in [0.5, 0.6) is 0 Å². The van der Waals surface area contributed by atoms with Crippen molar-refractivity contribution in [2.24, 2.45) is 0 Å². The van der Waals surface area contributed by atoms with Gasteiger partial charge in [-0.3, -0.25) is 0 Å². The summed E-state index contributed by atoms with van der Waals surface area (Å²) in [5.74, 6) is -0.782. The second-order valence-electron chi connectivity index (χ2n) is 10.1. The van der Waals surface area contributed by atoms with Crippen molar-refractivity contribution in [2.45, 2.75) is 45.0 Å². The van der Waals surface area contributed by atoms with Crippen LogP contribution in [0.3, 0.4) is 0 Å². The van der Waals surface area contributed by atoms with Gasteiger partial charge in [0.25, 0.3) is 0 Å². The van der Waals surface area contributed by atoms with Crippen LogP contribution in [0.15, 0.2) is 102 Å². The van der Waals surface area contributed by atoms with Crippen LogP contribution in [-0.2, 0) is 29.1 Å². The normalized spacial score (nSPS) is 15.5. The van der Waals surface area contributed by atoms with E-state index in [-0.39, 0.29) is 31.0 Å². The number of aryl methyl sites for hydroxylation is 1. The zero-order valence-electron chi connectivity index (χ0n) is 23.5. The Bertz CT molecular complexity index is 1400. The molecule has 42 heavy (non-hydrogen) atoms. The van der Waals surface area contributed by atoms with Crippen molar-refractivity contribution in [3.05, 3.63) is 130 Å². The Morgan fingerprint density at radius 1 is 1.02 bits per heavy atom. The van der Waals surface area contributed by atoms with Crippen molar-refractivity contribution in [1.82, 2.24) is 21.3 Å². The van der Waals surface area contributed by atoms with E-state index >= 15 is 0 Å². The highest BCUT2D eigenvalue weighted by atomic mass is 35.5. The molecule has 2 atom stereocenters. The van der Waals surface area contributed by atoms with E-state index in [1.807, 2.05) is 54.6 Å². The zero-order chi connectivity index (χ0) is 29.7. The van der Waals surface area contributed by atoms with Crippen LogP contribution in [0, 0.1) is 5.82 Å². The van der Waals surface area contributed by atoms with Crippen LogP contribution in [0.4, 0.5) is 9.18 Å². The van der Waals surface area contributed by atoms with Gasteiger partial charge in [0.1, 0.15) is 18.5 Å². The predicted octanol–water partition coefficient (Wildman–Crippen LogP) is 5.63. The van der Waals surface area contributed by atoms with Gasteiger partial charge in [0.2, 0.25) is 0 Å². The van der Waals surface area contributed by atoms with Crippen molar-refractivity contribution < 1.29 is 18.7 Å². The van der Waals surface area contributed by atoms with Gasteiger partial charge in [-0.15, -0.1) is 0 Å². The summed E-state index contributed by atoms with van der Waals surface area (Å²) in [5, 5.41) is 12.6. The van der Waals surface area contributed by atoms with Crippen molar-refractivity contribution in [2.75, 3.05) is 13.1 Å². The molecule has 9 heteroatoms. The first-order valence-electron chi connectivity index (χ1n) is 14.0. The minimum absolute atomic E-state index is 0.00171. The summed E-state index contributed by atoms with van der Waals surface area (Å²) in [7, 11) is 0. The van der Waals surface area contributed by atoms with Crippen LogP contribution in [0.1, 0.15) is 41.6 Å². The van der Waals surface area contributed by atoms with Crippen molar-refractivity contribution >= 4 is 23.6 Å². The number of halogens is 2. The molecule has 0 fully saturated rings. The Labute approximate surface area is 251 Å². The third kappa shape index (κ3) is 9.46. The highest BCUT2D eigenvalue weighted by Crippen LogP contribution is 2.30.